The van der Waals surface area contributed by atoms with Crippen LogP contribution in [0.3, 0.4) is 0 Å². The van der Waals surface area contributed by atoms with Crippen molar-refractivity contribution in [3.05, 3.63) is 65.0 Å². The van der Waals surface area contributed by atoms with E-state index in [4.69, 9.17) is 0 Å². The maximum absolute atomic E-state index is 13.0. The van der Waals surface area contributed by atoms with Crippen LogP contribution in [0.2, 0.25) is 0 Å². The lowest BCUT2D eigenvalue weighted by Gasteiger charge is -2.29. The fraction of sp³-hybridized carbons (Fsp3) is 0.316. The maximum Gasteiger partial charge on any atom is 0.471 e. The van der Waals surface area contributed by atoms with E-state index < -0.39 is 34.0 Å². The summed E-state index contributed by atoms with van der Waals surface area (Å²) in [5.41, 5.74) is 1.60. The van der Waals surface area contributed by atoms with Gasteiger partial charge in [0.15, 0.2) is 0 Å². The van der Waals surface area contributed by atoms with Crippen molar-refractivity contribution < 1.29 is 30.8 Å². The van der Waals surface area contributed by atoms with Gasteiger partial charge in [-0.05, 0) is 54.3 Å². The second-order valence-corrected chi connectivity index (χ2v) is 8.51. The Hall–Kier alpha value is -2.46. The fourth-order valence-electron chi connectivity index (χ4n) is 3.17. The number of fused-ring (bicyclic) bond motifs is 1. The molecule has 0 aliphatic carbocycles. The standard InChI is InChI=1S/C19H18F4N2O3S/c1-12(13-2-5-16(20)6-3-13)24-29(27,28)17-7-4-14-8-9-25(11-15(14)10-17)18(26)19(21,22)23/h2-7,10,12,24H,8-9,11H2,1H3. The number of alkyl halides is 3. The molecule has 0 saturated carbocycles. The van der Waals surface area contributed by atoms with Crippen LogP contribution in [0.1, 0.15) is 29.7 Å². The van der Waals surface area contributed by atoms with Crippen molar-refractivity contribution >= 4 is 15.9 Å². The molecule has 0 radical (unpaired) electrons. The number of hydrogen-bond donors (Lipinski definition) is 1. The van der Waals surface area contributed by atoms with Crippen LogP contribution in [0.15, 0.2) is 47.4 Å². The molecule has 2 aromatic rings. The van der Waals surface area contributed by atoms with Crippen molar-refractivity contribution in [2.75, 3.05) is 6.54 Å². The summed E-state index contributed by atoms with van der Waals surface area (Å²) in [6, 6.07) is 8.88. The number of carbonyl (C=O) groups excluding carboxylic acids is 1. The first-order valence-electron chi connectivity index (χ1n) is 8.73. The van der Waals surface area contributed by atoms with Crippen LogP contribution in [0, 0.1) is 5.82 Å². The lowest BCUT2D eigenvalue weighted by molar-refractivity contribution is -0.186. The molecule has 5 nitrogen and oxygen atoms in total. The number of benzene rings is 2. The highest BCUT2D eigenvalue weighted by atomic mass is 32.2. The molecule has 10 heteroatoms. The summed E-state index contributed by atoms with van der Waals surface area (Å²) in [6.45, 7) is 1.19. The van der Waals surface area contributed by atoms with Crippen molar-refractivity contribution in [1.82, 2.24) is 9.62 Å². The molecule has 0 bridgehead atoms. The monoisotopic (exact) mass is 430 g/mol. The highest BCUT2D eigenvalue weighted by Gasteiger charge is 2.43. The zero-order valence-corrected chi connectivity index (χ0v) is 16.1. The van der Waals surface area contributed by atoms with E-state index in [1.165, 1.54) is 36.4 Å². The SMILES string of the molecule is CC(NS(=O)(=O)c1ccc2c(c1)CN(C(=O)C(F)(F)F)CC2)c1ccc(F)cc1. The van der Waals surface area contributed by atoms with E-state index in [2.05, 4.69) is 4.72 Å². The average Bonchev–Trinajstić information content (AvgIpc) is 2.66. The molecule has 1 unspecified atom stereocenters. The van der Waals surface area contributed by atoms with Gasteiger partial charge >= 0.3 is 12.1 Å². The van der Waals surface area contributed by atoms with Gasteiger partial charge in [0.1, 0.15) is 5.82 Å². The molecule has 1 aliphatic rings. The Bertz CT molecular complexity index is 1020. The van der Waals surface area contributed by atoms with E-state index in [0.717, 1.165) is 0 Å². The minimum Gasteiger partial charge on any atom is -0.330 e. The van der Waals surface area contributed by atoms with Gasteiger partial charge in [0.05, 0.1) is 4.90 Å². The molecular formula is C19H18F4N2O3S. The van der Waals surface area contributed by atoms with Crippen LogP contribution >= 0.6 is 0 Å². The topological polar surface area (TPSA) is 66.5 Å². The number of amides is 1. The summed E-state index contributed by atoms with van der Waals surface area (Å²) >= 11 is 0. The van der Waals surface area contributed by atoms with E-state index >= 15 is 0 Å². The van der Waals surface area contributed by atoms with E-state index in [0.29, 0.717) is 21.6 Å². The molecule has 29 heavy (non-hydrogen) atoms. The van der Waals surface area contributed by atoms with Gasteiger partial charge in [-0.25, -0.2) is 17.5 Å². The molecule has 2 aromatic carbocycles. The second kappa shape index (κ2) is 7.75. The Labute approximate surface area is 165 Å². The lowest BCUT2D eigenvalue weighted by Crippen LogP contribution is -2.43. The zero-order valence-electron chi connectivity index (χ0n) is 15.3. The molecule has 3 rings (SSSR count). The summed E-state index contributed by atoms with van der Waals surface area (Å²) in [7, 11) is -3.99. The van der Waals surface area contributed by atoms with Gasteiger partial charge in [-0.2, -0.15) is 13.2 Å². The Kier molecular flexibility index (Phi) is 5.68. The summed E-state index contributed by atoms with van der Waals surface area (Å²) < 4.78 is 79.0. The number of nitrogens with zero attached hydrogens (tertiary/aromatic N) is 1. The van der Waals surface area contributed by atoms with Crippen molar-refractivity contribution in [2.45, 2.75) is 37.0 Å². The maximum atomic E-state index is 13.0. The van der Waals surface area contributed by atoms with Crippen LogP contribution in [0.4, 0.5) is 17.6 Å². The molecule has 0 saturated heterocycles. The van der Waals surface area contributed by atoms with Crippen molar-refractivity contribution in [3.8, 4) is 0 Å². The number of sulfonamides is 1. The number of rotatable bonds is 4. The van der Waals surface area contributed by atoms with Gasteiger partial charge in [0, 0.05) is 19.1 Å². The van der Waals surface area contributed by atoms with E-state index in [1.54, 1.807) is 13.0 Å². The van der Waals surface area contributed by atoms with E-state index in [-0.39, 0.29) is 24.4 Å². The lowest BCUT2D eigenvalue weighted by atomic mass is 10.00. The van der Waals surface area contributed by atoms with Crippen molar-refractivity contribution in [1.29, 1.82) is 0 Å². The Morgan fingerprint density at radius 2 is 1.76 bits per heavy atom. The van der Waals surface area contributed by atoms with Gasteiger partial charge in [-0.3, -0.25) is 4.79 Å². The second-order valence-electron chi connectivity index (χ2n) is 6.80. The molecule has 1 heterocycles. The molecular weight excluding hydrogens is 412 g/mol. The summed E-state index contributed by atoms with van der Waals surface area (Å²) in [6.07, 6.45) is -4.77. The summed E-state index contributed by atoms with van der Waals surface area (Å²) in [4.78, 5) is 12.0. The predicted molar refractivity (Wildman–Crippen MR) is 96.8 cm³/mol. The number of hydrogen-bond acceptors (Lipinski definition) is 3. The third-order valence-corrected chi connectivity index (χ3v) is 6.27. The Balaban J connectivity index is 1.81. The number of halogens is 4. The van der Waals surface area contributed by atoms with Crippen LogP contribution in [-0.2, 0) is 27.8 Å². The minimum atomic E-state index is -4.98. The average molecular weight is 430 g/mol. The van der Waals surface area contributed by atoms with Crippen LogP contribution < -0.4 is 4.72 Å². The molecule has 0 aromatic heterocycles. The summed E-state index contributed by atoms with van der Waals surface area (Å²) in [5.74, 6) is -2.39. The first-order chi connectivity index (χ1) is 13.5. The third-order valence-electron chi connectivity index (χ3n) is 4.73. The van der Waals surface area contributed by atoms with Crippen LogP contribution in [-0.4, -0.2) is 31.9 Å². The molecule has 1 atom stereocenters. The van der Waals surface area contributed by atoms with Crippen LogP contribution in [0.5, 0.6) is 0 Å². The molecule has 0 fully saturated rings. The van der Waals surface area contributed by atoms with E-state index in [1.807, 2.05) is 0 Å². The Morgan fingerprint density at radius 1 is 1.10 bits per heavy atom. The molecule has 156 valence electrons. The van der Waals surface area contributed by atoms with Crippen molar-refractivity contribution in [2.24, 2.45) is 0 Å². The molecule has 1 amide bonds. The largest absolute Gasteiger partial charge is 0.471 e. The Morgan fingerprint density at radius 3 is 2.38 bits per heavy atom. The quantitative estimate of drug-likeness (QED) is 0.757. The van der Waals surface area contributed by atoms with E-state index in [9.17, 15) is 30.8 Å². The van der Waals surface area contributed by atoms with Gasteiger partial charge in [0.2, 0.25) is 10.0 Å². The van der Waals surface area contributed by atoms with Gasteiger partial charge in [-0.15, -0.1) is 0 Å². The molecule has 1 N–H and O–H groups in total. The van der Waals surface area contributed by atoms with Crippen LogP contribution in [0.25, 0.3) is 0 Å². The smallest absolute Gasteiger partial charge is 0.330 e. The predicted octanol–water partition coefficient (Wildman–Crippen LogP) is 3.31. The molecule has 1 aliphatic heterocycles. The highest BCUT2D eigenvalue weighted by Crippen LogP contribution is 2.27. The molecule has 0 spiro atoms. The first-order valence-corrected chi connectivity index (χ1v) is 10.2. The zero-order chi connectivity index (χ0) is 21.4. The summed E-state index contributed by atoms with van der Waals surface area (Å²) in [5, 5.41) is 0. The third kappa shape index (κ3) is 4.76. The van der Waals surface area contributed by atoms with Gasteiger partial charge < -0.3 is 4.90 Å². The fourth-order valence-corrected chi connectivity index (χ4v) is 4.46. The number of carbonyl (C=O) groups is 1. The normalized spacial score (nSPS) is 15.7. The van der Waals surface area contributed by atoms with Gasteiger partial charge in [0.25, 0.3) is 0 Å². The van der Waals surface area contributed by atoms with Crippen molar-refractivity contribution in [3.63, 3.8) is 0 Å². The number of nitrogens with one attached hydrogen (secondary N) is 1. The first kappa shape index (κ1) is 21.3. The highest BCUT2D eigenvalue weighted by molar-refractivity contribution is 7.89. The van der Waals surface area contributed by atoms with Gasteiger partial charge in [-0.1, -0.05) is 18.2 Å². The minimum absolute atomic E-state index is 0.0860.